The summed E-state index contributed by atoms with van der Waals surface area (Å²) in [5.41, 5.74) is 4.03. The third kappa shape index (κ3) is 6.61. The van der Waals surface area contributed by atoms with E-state index in [1.165, 1.54) is 6.21 Å². The topological polar surface area (TPSA) is 124 Å². The first kappa shape index (κ1) is 30.7. The van der Waals surface area contributed by atoms with Gasteiger partial charge in [-0.15, -0.1) is 0 Å². The summed E-state index contributed by atoms with van der Waals surface area (Å²) in [5, 5.41) is 32.0. The zero-order chi connectivity index (χ0) is 31.1. The Morgan fingerprint density at radius 1 is 1.23 bits per heavy atom. The number of nitrogens with one attached hydrogen (secondary N) is 3. The SMILES string of the molecule is Cc1cc(C(C)Nc2ccc(Cl)nc2-c2cnn(C)c2)c2c(C=N)c(NC3CCN(CC(C)(C)O)CC3)n(C)c(=O)c2c1. The maximum Gasteiger partial charge on any atom is 0.259 e. The molecule has 228 valence electrons. The van der Waals surface area contributed by atoms with E-state index in [1.54, 1.807) is 28.6 Å². The van der Waals surface area contributed by atoms with E-state index in [0.29, 0.717) is 34.2 Å². The van der Waals surface area contributed by atoms with E-state index in [0.717, 1.165) is 53.7 Å². The number of aromatic nitrogens is 4. The van der Waals surface area contributed by atoms with Gasteiger partial charge in [0.15, 0.2) is 0 Å². The quantitative estimate of drug-likeness (QED) is 0.154. The molecule has 1 fully saturated rings. The van der Waals surface area contributed by atoms with Crippen molar-refractivity contribution in [2.45, 2.75) is 58.2 Å². The van der Waals surface area contributed by atoms with E-state index in [2.05, 4.69) is 31.7 Å². The van der Waals surface area contributed by atoms with Crippen molar-refractivity contribution in [2.24, 2.45) is 14.1 Å². The summed E-state index contributed by atoms with van der Waals surface area (Å²) in [6.07, 6.45) is 6.74. The molecule has 1 unspecified atom stereocenters. The summed E-state index contributed by atoms with van der Waals surface area (Å²) in [5.74, 6) is 0.648. The number of aryl methyl sites for hydroxylation is 2. The molecule has 0 amide bonds. The van der Waals surface area contributed by atoms with Gasteiger partial charge >= 0.3 is 0 Å². The zero-order valence-electron chi connectivity index (χ0n) is 25.7. The van der Waals surface area contributed by atoms with Gasteiger partial charge in [-0.1, -0.05) is 17.7 Å². The Morgan fingerprint density at radius 2 is 1.95 bits per heavy atom. The maximum atomic E-state index is 13.8. The van der Waals surface area contributed by atoms with E-state index in [1.807, 2.05) is 53.1 Å². The summed E-state index contributed by atoms with van der Waals surface area (Å²) in [6, 6.07) is 7.55. The molecule has 1 aliphatic heterocycles. The van der Waals surface area contributed by atoms with Gasteiger partial charge in [0.05, 0.1) is 23.2 Å². The molecule has 0 aliphatic carbocycles. The highest BCUT2D eigenvalue weighted by Crippen LogP contribution is 2.35. The van der Waals surface area contributed by atoms with Crippen LogP contribution < -0.4 is 16.2 Å². The summed E-state index contributed by atoms with van der Waals surface area (Å²) in [7, 11) is 3.62. The first-order valence-corrected chi connectivity index (χ1v) is 15.0. The highest BCUT2D eigenvalue weighted by Gasteiger charge is 2.26. The minimum atomic E-state index is -0.740. The van der Waals surface area contributed by atoms with Gasteiger partial charge in [0.2, 0.25) is 0 Å². The Morgan fingerprint density at radius 3 is 2.58 bits per heavy atom. The van der Waals surface area contributed by atoms with Gasteiger partial charge in [0, 0.05) is 80.1 Å². The van der Waals surface area contributed by atoms with E-state index in [-0.39, 0.29) is 17.6 Å². The normalized spacial score (nSPS) is 15.5. The fraction of sp³-hybridized carbons (Fsp3) is 0.438. The van der Waals surface area contributed by atoms with Crippen molar-refractivity contribution in [3.8, 4) is 11.3 Å². The molecule has 4 aromatic rings. The second-order valence-corrected chi connectivity index (χ2v) is 12.7. The standard InChI is InChI=1S/C32H41ClN8O2/c1-19-13-23(20(2)36-26-7-8-27(33)38-29(26)21-16-35-39(5)17-21)28-24(14-19)31(42)40(6)30(25(28)15-34)37-22-9-11-41(12-10-22)18-32(3,4)43/h7-8,13-17,20,22,34,36-37,43H,9-12,18H2,1-6H3. The highest BCUT2D eigenvalue weighted by molar-refractivity contribution is 6.29. The number of anilines is 2. The van der Waals surface area contributed by atoms with Crippen molar-refractivity contribution in [1.29, 1.82) is 5.41 Å². The van der Waals surface area contributed by atoms with Crippen LogP contribution >= 0.6 is 11.6 Å². The molecular weight excluding hydrogens is 564 g/mol. The molecule has 3 aromatic heterocycles. The number of hydrogen-bond acceptors (Lipinski definition) is 8. The number of benzene rings is 1. The molecule has 10 nitrogen and oxygen atoms in total. The van der Waals surface area contributed by atoms with Crippen molar-refractivity contribution >= 4 is 40.1 Å². The third-order valence-corrected chi connectivity index (χ3v) is 8.28. The van der Waals surface area contributed by atoms with Gasteiger partial charge in [-0.25, -0.2) is 4.98 Å². The fourth-order valence-electron chi connectivity index (χ4n) is 6.12. The van der Waals surface area contributed by atoms with Crippen LogP contribution in [0.5, 0.6) is 0 Å². The van der Waals surface area contributed by atoms with Gasteiger partial charge < -0.3 is 26.0 Å². The molecule has 1 aromatic carbocycles. The Labute approximate surface area is 257 Å². The van der Waals surface area contributed by atoms with Gasteiger partial charge in [-0.05, 0) is 69.9 Å². The molecule has 5 rings (SSSR count). The number of aliphatic hydroxyl groups is 1. The number of pyridine rings is 2. The van der Waals surface area contributed by atoms with Crippen molar-refractivity contribution in [2.75, 3.05) is 30.3 Å². The van der Waals surface area contributed by atoms with Crippen LogP contribution in [0.3, 0.4) is 0 Å². The number of rotatable bonds is 9. The molecule has 1 atom stereocenters. The largest absolute Gasteiger partial charge is 0.389 e. The van der Waals surface area contributed by atoms with Gasteiger partial charge in [0.1, 0.15) is 11.0 Å². The van der Waals surface area contributed by atoms with Gasteiger partial charge in [-0.2, -0.15) is 5.10 Å². The zero-order valence-corrected chi connectivity index (χ0v) is 26.5. The van der Waals surface area contributed by atoms with Crippen molar-refractivity contribution in [1.82, 2.24) is 24.2 Å². The van der Waals surface area contributed by atoms with Gasteiger partial charge in [0.25, 0.3) is 5.56 Å². The number of fused-ring (bicyclic) bond motifs is 1. The molecule has 43 heavy (non-hydrogen) atoms. The van der Waals surface area contributed by atoms with Crippen molar-refractivity contribution in [3.63, 3.8) is 0 Å². The van der Waals surface area contributed by atoms with E-state index >= 15 is 0 Å². The van der Waals surface area contributed by atoms with E-state index < -0.39 is 5.60 Å². The molecule has 4 N–H and O–H groups in total. The molecule has 11 heteroatoms. The minimum Gasteiger partial charge on any atom is -0.389 e. The average Bonchev–Trinajstić information content (AvgIpc) is 3.38. The van der Waals surface area contributed by atoms with Crippen LogP contribution in [0.15, 0.2) is 41.5 Å². The first-order valence-electron chi connectivity index (χ1n) is 14.7. The first-order chi connectivity index (χ1) is 20.3. The smallest absolute Gasteiger partial charge is 0.259 e. The third-order valence-electron chi connectivity index (χ3n) is 8.07. The van der Waals surface area contributed by atoms with Crippen molar-refractivity contribution in [3.05, 3.63) is 68.9 Å². The minimum absolute atomic E-state index is 0.107. The summed E-state index contributed by atoms with van der Waals surface area (Å²) < 4.78 is 3.36. The van der Waals surface area contributed by atoms with Crippen LogP contribution in [0.25, 0.3) is 22.0 Å². The van der Waals surface area contributed by atoms with Crippen LogP contribution in [-0.4, -0.2) is 66.8 Å². The predicted octanol–water partition coefficient (Wildman–Crippen LogP) is 5.11. The number of piperidine rings is 1. The van der Waals surface area contributed by atoms with Gasteiger partial charge in [-0.3, -0.25) is 14.0 Å². The van der Waals surface area contributed by atoms with Crippen LogP contribution in [-0.2, 0) is 14.1 Å². The molecule has 0 bridgehead atoms. The van der Waals surface area contributed by atoms with E-state index in [9.17, 15) is 9.90 Å². The van der Waals surface area contributed by atoms with E-state index in [4.69, 9.17) is 17.0 Å². The predicted molar refractivity (Wildman–Crippen MR) is 175 cm³/mol. The molecule has 0 radical (unpaired) electrons. The number of halogens is 1. The summed E-state index contributed by atoms with van der Waals surface area (Å²) in [4.78, 5) is 20.6. The van der Waals surface area contributed by atoms with Crippen molar-refractivity contribution < 1.29 is 5.11 Å². The fourth-order valence-corrected chi connectivity index (χ4v) is 6.27. The Hall–Kier alpha value is -3.73. The Balaban J connectivity index is 1.53. The second-order valence-electron chi connectivity index (χ2n) is 12.4. The van der Waals surface area contributed by atoms with Crippen LogP contribution in [0, 0.1) is 12.3 Å². The summed E-state index contributed by atoms with van der Waals surface area (Å²) >= 11 is 6.28. The number of hydrogen-bond donors (Lipinski definition) is 4. The lowest BCUT2D eigenvalue weighted by molar-refractivity contribution is 0.0291. The number of nitrogens with zero attached hydrogens (tertiary/aromatic N) is 5. The molecule has 1 aliphatic rings. The second kappa shape index (κ2) is 12.1. The highest BCUT2D eigenvalue weighted by atomic mass is 35.5. The molecule has 0 spiro atoms. The lowest BCUT2D eigenvalue weighted by Crippen LogP contribution is -2.45. The lowest BCUT2D eigenvalue weighted by atomic mass is 9.93. The van der Waals surface area contributed by atoms with Crippen LogP contribution in [0.2, 0.25) is 5.15 Å². The number of likely N-dealkylation sites (tertiary alicyclic amines) is 1. The van der Waals surface area contributed by atoms with Crippen LogP contribution in [0.4, 0.5) is 11.5 Å². The monoisotopic (exact) mass is 604 g/mol. The average molecular weight is 605 g/mol. The lowest BCUT2D eigenvalue weighted by Gasteiger charge is -2.36. The number of β-amino-alcohol motifs (C(OH)–C–C–N with tert-alkyl or cyclic N) is 1. The van der Waals surface area contributed by atoms with Crippen LogP contribution in [0.1, 0.15) is 56.3 Å². The molecule has 0 saturated carbocycles. The summed E-state index contributed by atoms with van der Waals surface area (Å²) in [6.45, 7) is 10.0. The molecule has 1 saturated heterocycles. The Kier molecular flexibility index (Phi) is 8.65. The maximum absolute atomic E-state index is 13.8. The Bertz CT molecular complexity index is 1710. The molecule has 4 heterocycles. The molecular formula is C32H41ClN8O2.